The first-order valence-corrected chi connectivity index (χ1v) is 8.81. The quantitative estimate of drug-likeness (QED) is 0.717. The monoisotopic (exact) mass is 353 g/mol. The smallest absolute Gasteiger partial charge is 0.264 e. The SMILES string of the molecule is O=C(COc1ccc(-c2nnco2)cc1)N1CCSc2ccccc21. The Morgan fingerprint density at radius 1 is 1.20 bits per heavy atom. The second-order valence-electron chi connectivity index (χ2n) is 5.42. The summed E-state index contributed by atoms with van der Waals surface area (Å²) in [5.41, 5.74) is 1.76. The van der Waals surface area contributed by atoms with E-state index in [1.165, 1.54) is 6.39 Å². The molecule has 2 aromatic carbocycles. The molecule has 0 bridgehead atoms. The molecule has 0 N–H and O–H groups in total. The van der Waals surface area contributed by atoms with Crippen LogP contribution in [-0.2, 0) is 4.79 Å². The van der Waals surface area contributed by atoms with Gasteiger partial charge >= 0.3 is 0 Å². The molecule has 0 radical (unpaired) electrons. The molecule has 1 aliphatic heterocycles. The van der Waals surface area contributed by atoms with Gasteiger partial charge in [0.25, 0.3) is 5.91 Å². The molecular weight excluding hydrogens is 338 g/mol. The third-order valence-electron chi connectivity index (χ3n) is 3.85. The number of nitrogens with zero attached hydrogens (tertiary/aromatic N) is 3. The normalized spacial score (nSPS) is 13.4. The standard InChI is InChI=1S/C18H15N3O3S/c22-17(21-9-10-25-16-4-2-1-3-15(16)21)11-23-14-7-5-13(6-8-14)18-20-19-12-24-18/h1-8,12H,9-11H2. The van der Waals surface area contributed by atoms with Crippen molar-refractivity contribution in [3.05, 3.63) is 54.9 Å². The average molecular weight is 353 g/mol. The van der Waals surface area contributed by atoms with E-state index in [4.69, 9.17) is 9.15 Å². The zero-order chi connectivity index (χ0) is 17.1. The van der Waals surface area contributed by atoms with Crippen molar-refractivity contribution < 1.29 is 13.9 Å². The van der Waals surface area contributed by atoms with E-state index < -0.39 is 0 Å². The summed E-state index contributed by atoms with van der Waals surface area (Å²) in [6.45, 7) is 0.693. The minimum atomic E-state index is -0.0475. The Morgan fingerprint density at radius 2 is 2.04 bits per heavy atom. The van der Waals surface area contributed by atoms with Crippen LogP contribution in [0.5, 0.6) is 5.75 Å². The molecule has 126 valence electrons. The maximum Gasteiger partial charge on any atom is 0.264 e. The molecule has 0 spiro atoms. The summed E-state index contributed by atoms with van der Waals surface area (Å²) in [6.07, 6.45) is 1.28. The van der Waals surface area contributed by atoms with Crippen LogP contribution in [0.3, 0.4) is 0 Å². The summed E-state index contributed by atoms with van der Waals surface area (Å²) in [6, 6.07) is 15.2. The minimum Gasteiger partial charge on any atom is -0.484 e. The first kappa shape index (κ1) is 15.7. The highest BCUT2D eigenvalue weighted by molar-refractivity contribution is 7.99. The van der Waals surface area contributed by atoms with Crippen molar-refractivity contribution in [2.24, 2.45) is 0 Å². The number of hydrogen-bond acceptors (Lipinski definition) is 6. The molecule has 25 heavy (non-hydrogen) atoms. The van der Waals surface area contributed by atoms with Crippen LogP contribution >= 0.6 is 11.8 Å². The van der Waals surface area contributed by atoms with Gasteiger partial charge in [0.05, 0.1) is 5.69 Å². The zero-order valence-electron chi connectivity index (χ0n) is 13.3. The Hall–Kier alpha value is -2.80. The topological polar surface area (TPSA) is 68.5 Å². The third kappa shape index (κ3) is 3.36. The summed E-state index contributed by atoms with van der Waals surface area (Å²) >= 11 is 1.77. The van der Waals surface area contributed by atoms with E-state index in [9.17, 15) is 4.79 Å². The lowest BCUT2D eigenvalue weighted by Crippen LogP contribution is -2.38. The number of anilines is 1. The highest BCUT2D eigenvalue weighted by Gasteiger charge is 2.22. The Bertz CT molecular complexity index is 866. The van der Waals surface area contributed by atoms with E-state index in [0.29, 0.717) is 18.2 Å². The first-order valence-electron chi connectivity index (χ1n) is 7.83. The number of amides is 1. The number of benzene rings is 2. The van der Waals surface area contributed by atoms with E-state index >= 15 is 0 Å². The molecule has 0 unspecified atom stereocenters. The number of aromatic nitrogens is 2. The van der Waals surface area contributed by atoms with Gasteiger partial charge in [0, 0.05) is 22.8 Å². The van der Waals surface area contributed by atoms with Gasteiger partial charge in [0.15, 0.2) is 6.61 Å². The van der Waals surface area contributed by atoms with E-state index in [2.05, 4.69) is 10.2 Å². The molecule has 1 amide bonds. The summed E-state index contributed by atoms with van der Waals surface area (Å²) in [5.74, 6) is 1.91. The molecule has 7 heteroatoms. The molecule has 0 saturated heterocycles. The number of ether oxygens (including phenoxy) is 1. The minimum absolute atomic E-state index is 0.00109. The van der Waals surface area contributed by atoms with Crippen molar-refractivity contribution >= 4 is 23.4 Å². The number of fused-ring (bicyclic) bond motifs is 1. The number of carbonyl (C=O) groups excluding carboxylic acids is 1. The molecule has 2 heterocycles. The van der Waals surface area contributed by atoms with Gasteiger partial charge in [-0.2, -0.15) is 0 Å². The highest BCUT2D eigenvalue weighted by atomic mass is 32.2. The van der Waals surface area contributed by atoms with Gasteiger partial charge in [0.1, 0.15) is 5.75 Å². The molecule has 1 aliphatic rings. The van der Waals surface area contributed by atoms with Crippen LogP contribution in [-0.4, -0.2) is 35.0 Å². The van der Waals surface area contributed by atoms with Gasteiger partial charge in [0.2, 0.25) is 12.3 Å². The van der Waals surface area contributed by atoms with Crippen molar-refractivity contribution in [3.8, 4) is 17.2 Å². The van der Waals surface area contributed by atoms with Crippen LogP contribution in [0, 0.1) is 0 Å². The third-order valence-corrected chi connectivity index (χ3v) is 4.90. The number of hydrogen-bond donors (Lipinski definition) is 0. The van der Waals surface area contributed by atoms with Crippen molar-refractivity contribution in [2.45, 2.75) is 4.90 Å². The maximum atomic E-state index is 12.5. The lowest BCUT2D eigenvalue weighted by molar-refractivity contribution is -0.120. The molecule has 1 aromatic heterocycles. The molecule has 0 fully saturated rings. The zero-order valence-corrected chi connectivity index (χ0v) is 14.1. The van der Waals surface area contributed by atoms with Gasteiger partial charge in [-0.3, -0.25) is 4.79 Å². The van der Waals surface area contributed by atoms with E-state index in [1.54, 1.807) is 28.8 Å². The Morgan fingerprint density at radius 3 is 2.84 bits per heavy atom. The second-order valence-corrected chi connectivity index (χ2v) is 6.56. The van der Waals surface area contributed by atoms with E-state index in [-0.39, 0.29) is 12.5 Å². The van der Waals surface area contributed by atoms with E-state index in [0.717, 1.165) is 21.9 Å². The summed E-state index contributed by atoms with van der Waals surface area (Å²) in [5, 5.41) is 7.50. The Labute approximate surface area is 148 Å². The van der Waals surface area contributed by atoms with Gasteiger partial charge < -0.3 is 14.1 Å². The van der Waals surface area contributed by atoms with Crippen molar-refractivity contribution in [1.29, 1.82) is 0 Å². The fourth-order valence-electron chi connectivity index (χ4n) is 2.64. The van der Waals surface area contributed by atoms with Crippen LogP contribution < -0.4 is 9.64 Å². The Kier molecular flexibility index (Phi) is 4.39. The molecule has 0 atom stereocenters. The molecule has 4 rings (SSSR count). The van der Waals surface area contributed by atoms with Crippen LogP contribution in [0.15, 0.2) is 64.2 Å². The average Bonchev–Trinajstić information content (AvgIpc) is 3.21. The summed E-state index contributed by atoms with van der Waals surface area (Å²) in [4.78, 5) is 15.5. The van der Waals surface area contributed by atoms with Gasteiger partial charge in [-0.15, -0.1) is 22.0 Å². The lowest BCUT2D eigenvalue weighted by Gasteiger charge is -2.28. The number of para-hydroxylation sites is 1. The fraction of sp³-hybridized carbons (Fsp3) is 0.167. The van der Waals surface area contributed by atoms with Gasteiger partial charge in [-0.05, 0) is 36.4 Å². The molecule has 0 aliphatic carbocycles. The van der Waals surface area contributed by atoms with E-state index in [1.807, 2.05) is 36.4 Å². The van der Waals surface area contributed by atoms with Gasteiger partial charge in [-0.1, -0.05) is 12.1 Å². The molecule has 3 aromatic rings. The van der Waals surface area contributed by atoms with Crippen molar-refractivity contribution in [1.82, 2.24) is 10.2 Å². The van der Waals surface area contributed by atoms with Crippen molar-refractivity contribution in [2.75, 3.05) is 23.8 Å². The fourth-order valence-corrected chi connectivity index (χ4v) is 3.64. The molecule has 0 saturated carbocycles. The number of carbonyl (C=O) groups is 1. The van der Waals surface area contributed by atoms with Crippen LogP contribution in [0.2, 0.25) is 0 Å². The van der Waals surface area contributed by atoms with Gasteiger partial charge in [-0.25, -0.2) is 0 Å². The predicted octanol–water partition coefficient (Wildman–Crippen LogP) is 3.25. The van der Waals surface area contributed by atoms with Crippen LogP contribution in [0.25, 0.3) is 11.5 Å². The number of thioether (sulfide) groups is 1. The molecule has 6 nitrogen and oxygen atoms in total. The summed E-state index contributed by atoms with van der Waals surface area (Å²) < 4.78 is 10.8. The Balaban J connectivity index is 1.41. The largest absolute Gasteiger partial charge is 0.484 e. The second kappa shape index (κ2) is 6.98. The maximum absolute atomic E-state index is 12.5. The van der Waals surface area contributed by atoms with Crippen LogP contribution in [0.1, 0.15) is 0 Å². The number of rotatable bonds is 4. The first-order chi connectivity index (χ1) is 12.3. The lowest BCUT2D eigenvalue weighted by atomic mass is 10.2. The van der Waals surface area contributed by atoms with Crippen molar-refractivity contribution in [3.63, 3.8) is 0 Å². The van der Waals surface area contributed by atoms with Crippen LogP contribution in [0.4, 0.5) is 5.69 Å². The molecular formula is C18H15N3O3S. The summed E-state index contributed by atoms with van der Waals surface area (Å²) in [7, 11) is 0. The predicted molar refractivity (Wildman–Crippen MR) is 94.7 cm³/mol. The highest BCUT2D eigenvalue weighted by Crippen LogP contribution is 2.34.